The lowest BCUT2D eigenvalue weighted by atomic mass is 9.86. The van der Waals surface area contributed by atoms with E-state index in [0.717, 1.165) is 26.5 Å². The number of aromatic amines is 2. The number of aromatic nitrogens is 2. The molecular formula is C36H23BrN2. The number of rotatable bonds is 3. The molecule has 0 saturated heterocycles. The van der Waals surface area contributed by atoms with Crippen LogP contribution in [0.1, 0.15) is 0 Å². The molecule has 0 aliphatic rings. The topological polar surface area (TPSA) is 31.6 Å². The molecule has 0 atom stereocenters. The molecule has 0 spiro atoms. The molecule has 2 N–H and O–H groups in total. The fraction of sp³-hybridized carbons (Fsp3) is 0. The lowest BCUT2D eigenvalue weighted by Crippen LogP contribution is -1.94. The Kier molecular flexibility index (Phi) is 5.01. The van der Waals surface area contributed by atoms with E-state index < -0.39 is 0 Å². The summed E-state index contributed by atoms with van der Waals surface area (Å²) in [5, 5.41) is 4.94. The Morgan fingerprint density at radius 1 is 0.385 bits per heavy atom. The van der Waals surface area contributed by atoms with Crippen LogP contribution >= 0.6 is 15.9 Å². The van der Waals surface area contributed by atoms with Gasteiger partial charge in [-0.2, -0.15) is 0 Å². The Labute approximate surface area is 234 Å². The van der Waals surface area contributed by atoms with Gasteiger partial charge in [-0.15, -0.1) is 0 Å². The van der Waals surface area contributed by atoms with E-state index in [1.54, 1.807) is 0 Å². The highest BCUT2D eigenvalue weighted by molar-refractivity contribution is 9.10. The van der Waals surface area contributed by atoms with Crippen molar-refractivity contribution in [1.82, 2.24) is 9.97 Å². The van der Waals surface area contributed by atoms with Crippen molar-refractivity contribution in [3.63, 3.8) is 0 Å². The summed E-state index contributed by atoms with van der Waals surface area (Å²) in [4.78, 5) is 7.50. The molecule has 6 aromatic carbocycles. The lowest BCUT2D eigenvalue weighted by Gasteiger charge is -2.19. The van der Waals surface area contributed by atoms with Gasteiger partial charge in [-0.25, -0.2) is 0 Å². The number of nitrogens with one attached hydrogen (secondary N) is 2. The number of hydrogen-bond donors (Lipinski definition) is 2. The first kappa shape index (κ1) is 22.4. The maximum atomic E-state index is 3.99. The minimum absolute atomic E-state index is 1.07. The smallest absolute Gasteiger partial charge is 0.0545 e. The van der Waals surface area contributed by atoms with E-state index in [1.807, 2.05) is 0 Å². The largest absolute Gasteiger partial charge is 0.354 e. The summed E-state index contributed by atoms with van der Waals surface area (Å²) in [5.41, 5.74) is 11.7. The number of H-pyrrole nitrogens is 2. The predicted molar refractivity (Wildman–Crippen MR) is 169 cm³/mol. The Bertz CT molecular complexity index is 2180. The Balaban J connectivity index is 1.54. The number of benzene rings is 6. The maximum Gasteiger partial charge on any atom is 0.0545 e. The van der Waals surface area contributed by atoms with Crippen LogP contribution in [-0.2, 0) is 0 Å². The first-order valence-electron chi connectivity index (χ1n) is 13.2. The molecule has 2 aromatic heterocycles. The summed E-state index contributed by atoms with van der Waals surface area (Å²) in [7, 11) is 0. The van der Waals surface area contributed by atoms with Gasteiger partial charge in [-0.1, -0.05) is 125 Å². The van der Waals surface area contributed by atoms with E-state index in [4.69, 9.17) is 0 Å². The molecule has 0 radical (unpaired) electrons. The Hall–Kier alpha value is -4.60. The van der Waals surface area contributed by atoms with Gasteiger partial charge in [-0.3, -0.25) is 0 Å². The van der Waals surface area contributed by atoms with Gasteiger partial charge >= 0.3 is 0 Å². The molecule has 0 fully saturated rings. The van der Waals surface area contributed by atoms with Crippen LogP contribution in [0.15, 0.2) is 132 Å². The molecule has 0 amide bonds. The highest BCUT2D eigenvalue weighted by Crippen LogP contribution is 2.48. The van der Waals surface area contributed by atoms with Crippen LogP contribution in [0.3, 0.4) is 0 Å². The zero-order chi connectivity index (χ0) is 25.9. The van der Waals surface area contributed by atoms with Crippen LogP contribution in [0.2, 0.25) is 0 Å². The van der Waals surface area contributed by atoms with Crippen LogP contribution in [0, 0.1) is 0 Å². The van der Waals surface area contributed by atoms with Gasteiger partial charge in [0.2, 0.25) is 0 Å². The summed E-state index contributed by atoms with van der Waals surface area (Å²) >= 11 is 3.99. The second-order valence-electron chi connectivity index (χ2n) is 10.0. The first-order chi connectivity index (χ1) is 19.3. The molecule has 0 aliphatic carbocycles. The lowest BCUT2D eigenvalue weighted by molar-refractivity contribution is 1.50. The number of fused-ring (bicyclic) bond motifs is 6. The average Bonchev–Trinajstić information content (AvgIpc) is 3.56. The molecule has 0 unspecified atom stereocenters. The van der Waals surface area contributed by atoms with Gasteiger partial charge in [0.05, 0.1) is 11.0 Å². The predicted octanol–water partition coefficient (Wildman–Crippen LogP) is 10.7. The molecule has 3 heteroatoms. The molecule has 184 valence electrons. The summed E-state index contributed by atoms with van der Waals surface area (Å²) in [6, 6.07) is 45.5. The number of halogens is 1. The van der Waals surface area contributed by atoms with E-state index in [1.165, 1.54) is 54.9 Å². The molecule has 39 heavy (non-hydrogen) atoms. The van der Waals surface area contributed by atoms with E-state index in [9.17, 15) is 0 Å². The van der Waals surface area contributed by atoms with Crippen LogP contribution in [0.25, 0.3) is 77.0 Å². The molecule has 8 rings (SSSR count). The molecule has 0 bridgehead atoms. The second-order valence-corrected chi connectivity index (χ2v) is 10.9. The van der Waals surface area contributed by atoms with Crippen molar-refractivity contribution in [3.8, 4) is 33.4 Å². The summed E-state index contributed by atoms with van der Waals surface area (Å²) in [6.45, 7) is 0. The minimum Gasteiger partial charge on any atom is -0.354 e. The fourth-order valence-corrected chi connectivity index (χ4v) is 6.69. The zero-order valence-corrected chi connectivity index (χ0v) is 22.6. The van der Waals surface area contributed by atoms with E-state index in [2.05, 4.69) is 153 Å². The van der Waals surface area contributed by atoms with Crippen molar-refractivity contribution < 1.29 is 0 Å². The maximum absolute atomic E-state index is 3.99. The Morgan fingerprint density at radius 3 is 1.51 bits per heavy atom. The molecular weight excluding hydrogens is 540 g/mol. The van der Waals surface area contributed by atoms with Gasteiger partial charge in [0.15, 0.2) is 0 Å². The van der Waals surface area contributed by atoms with Crippen molar-refractivity contribution in [2.45, 2.75) is 0 Å². The van der Waals surface area contributed by atoms with E-state index >= 15 is 0 Å². The van der Waals surface area contributed by atoms with Gasteiger partial charge < -0.3 is 9.97 Å². The summed E-state index contributed by atoms with van der Waals surface area (Å²) in [6.07, 6.45) is 0. The molecule has 0 aliphatic heterocycles. The van der Waals surface area contributed by atoms with Crippen LogP contribution < -0.4 is 0 Å². The van der Waals surface area contributed by atoms with Gasteiger partial charge in [0.25, 0.3) is 0 Å². The van der Waals surface area contributed by atoms with Crippen molar-refractivity contribution in [3.05, 3.63) is 132 Å². The quantitative estimate of drug-likeness (QED) is 0.214. The first-order valence-corrected chi connectivity index (χ1v) is 13.9. The fourth-order valence-electron chi connectivity index (χ4n) is 6.14. The summed E-state index contributed by atoms with van der Waals surface area (Å²) < 4.78 is 1.07. The van der Waals surface area contributed by atoms with E-state index in [-0.39, 0.29) is 0 Å². The van der Waals surface area contributed by atoms with Crippen LogP contribution in [0.4, 0.5) is 0 Å². The van der Waals surface area contributed by atoms with Crippen molar-refractivity contribution in [2.24, 2.45) is 0 Å². The third kappa shape index (κ3) is 3.40. The molecule has 8 aromatic rings. The van der Waals surface area contributed by atoms with E-state index in [0.29, 0.717) is 0 Å². The van der Waals surface area contributed by atoms with Gasteiger partial charge in [0.1, 0.15) is 0 Å². The molecule has 2 nitrogen and oxygen atoms in total. The second kappa shape index (κ2) is 8.72. The van der Waals surface area contributed by atoms with Gasteiger partial charge in [-0.05, 0) is 29.3 Å². The van der Waals surface area contributed by atoms with Crippen molar-refractivity contribution in [1.29, 1.82) is 0 Å². The van der Waals surface area contributed by atoms with Crippen molar-refractivity contribution in [2.75, 3.05) is 0 Å². The molecule has 0 saturated carbocycles. The van der Waals surface area contributed by atoms with Crippen LogP contribution in [0.5, 0.6) is 0 Å². The standard InChI is InChI=1S/C36H23BrN2/c37-30-21-20-23(22-10-2-1-3-11-22)33(28-16-8-14-26-24-12-4-6-18-31(24)38-35(26)28)34(30)29-17-9-15-27-25-13-5-7-19-32(25)39-36(27)29/h1-21,38-39H. The minimum atomic E-state index is 1.07. The van der Waals surface area contributed by atoms with Gasteiger partial charge in [0, 0.05) is 59.3 Å². The Morgan fingerprint density at radius 2 is 0.897 bits per heavy atom. The summed E-state index contributed by atoms with van der Waals surface area (Å²) in [5.74, 6) is 0. The number of para-hydroxylation sites is 4. The van der Waals surface area contributed by atoms with Crippen LogP contribution in [-0.4, -0.2) is 9.97 Å². The highest BCUT2D eigenvalue weighted by atomic mass is 79.9. The van der Waals surface area contributed by atoms with Crippen molar-refractivity contribution >= 4 is 59.5 Å². The average molecular weight is 563 g/mol. The normalized spacial score (nSPS) is 11.7. The SMILES string of the molecule is Brc1ccc(-c2ccccc2)c(-c2cccc3c2[nH]c2ccccc23)c1-c1cccc2c1[nH]c1ccccc12. The highest BCUT2D eigenvalue weighted by Gasteiger charge is 2.22. The zero-order valence-electron chi connectivity index (χ0n) is 21.0. The third-order valence-electron chi connectivity index (χ3n) is 7.86. The third-order valence-corrected chi connectivity index (χ3v) is 8.52. The monoisotopic (exact) mass is 562 g/mol. The molecule has 2 heterocycles. The number of hydrogen-bond acceptors (Lipinski definition) is 0.